The molecule has 4 N–H and O–H groups in total. The third kappa shape index (κ3) is 5.11. The van der Waals surface area contributed by atoms with Crippen LogP contribution >= 0.6 is 0 Å². The van der Waals surface area contributed by atoms with E-state index in [2.05, 4.69) is 15.0 Å². The zero-order valence-corrected chi connectivity index (χ0v) is 18.7. The molecule has 4 rings (SSSR count). The van der Waals surface area contributed by atoms with Gasteiger partial charge in [-0.1, -0.05) is 18.2 Å². The number of fused-ring (bicyclic) bond motifs is 1. The van der Waals surface area contributed by atoms with Crippen molar-refractivity contribution in [1.29, 1.82) is 0 Å². The predicted octanol–water partition coefficient (Wildman–Crippen LogP) is 2.77. The maximum atomic E-state index is 13.1. The fourth-order valence-electron chi connectivity index (χ4n) is 3.88. The number of benzene rings is 2. The second-order valence-electron chi connectivity index (χ2n) is 8.03. The highest BCUT2D eigenvalue weighted by Crippen LogP contribution is 2.20. The summed E-state index contributed by atoms with van der Waals surface area (Å²) in [6.45, 7) is 1.09. The molecule has 1 amide bonds. The number of carbonyl (C=O) groups is 3. The molecule has 2 aromatic carbocycles. The lowest BCUT2D eigenvalue weighted by Gasteiger charge is -2.21. The predicted molar refractivity (Wildman–Crippen MR) is 128 cm³/mol. The molecule has 4 aromatic rings. The summed E-state index contributed by atoms with van der Waals surface area (Å²) in [5.41, 5.74) is 2.48. The van der Waals surface area contributed by atoms with Crippen LogP contribution in [0.3, 0.4) is 0 Å². The first-order chi connectivity index (χ1) is 16.7. The second-order valence-corrected chi connectivity index (χ2v) is 8.03. The van der Waals surface area contributed by atoms with Crippen molar-refractivity contribution in [2.24, 2.45) is 0 Å². The first-order valence-electron chi connectivity index (χ1n) is 10.8. The van der Waals surface area contributed by atoms with E-state index in [0.29, 0.717) is 29.7 Å². The van der Waals surface area contributed by atoms with Gasteiger partial charge in [-0.05, 0) is 61.2 Å². The van der Waals surface area contributed by atoms with Crippen molar-refractivity contribution in [3.05, 3.63) is 93.2 Å². The van der Waals surface area contributed by atoms with E-state index < -0.39 is 24.4 Å². The number of hydrogen-bond donors (Lipinski definition) is 4. The summed E-state index contributed by atoms with van der Waals surface area (Å²) >= 11 is 0. The summed E-state index contributed by atoms with van der Waals surface area (Å²) in [6.07, 6.45) is 2.95. The number of amides is 1. The van der Waals surface area contributed by atoms with Crippen LogP contribution in [0.2, 0.25) is 0 Å². The first kappa shape index (κ1) is 23.4. The highest BCUT2D eigenvalue weighted by Gasteiger charge is 2.21. The molecule has 0 atom stereocenters. The van der Waals surface area contributed by atoms with E-state index in [-0.39, 0.29) is 22.4 Å². The molecule has 10 nitrogen and oxygen atoms in total. The lowest BCUT2D eigenvalue weighted by atomic mass is 10.0. The van der Waals surface area contributed by atoms with Gasteiger partial charge in [0.15, 0.2) is 0 Å². The number of anilines is 1. The van der Waals surface area contributed by atoms with E-state index >= 15 is 0 Å². The topological polar surface area (TPSA) is 156 Å². The van der Waals surface area contributed by atoms with Crippen molar-refractivity contribution in [3.8, 4) is 0 Å². The van der Waals surface area contributed by atoms with Gasteiger partial charge in [-0.15, -0.1) is 0 Å². The van der Waals surface area contributed by atoms with Crippen LogP contribution in [0.1, 0.15) is 37.7 Å². The van der Waals surface area contributed by atoms with Crippen LogP contribution in [-0.4, -0.2) is 49.6 Å². The molecule has 0 spiro atoms. The number of nitrogens with one attached hydrogen (secondary N) is 2. The Labute approximate surface area is 198 Å². The molecule has 0 aliphatic carbocycles. The lowest BCUT2D eigenvalue weighted by Crippen LogP contribution is -2.35. The van der Waals surface area contributed by atoms with E-state index in [1.54, 1.807) is 37.4 Å². The zero-order valence-electron chi connectivity index (χ0n) is 18.7. The van der Waals surface area contributed by atoms with Gasteiger partial charge in [0.2, 0.25) is 0 Å². The second kappa shape index (κ2) is 9.64. The minimum Gasteiger partial charge on any atom is -0.480 e. The molecule has 10 heteroatoms. The van der Waals surface area contributed by atoms with Crippen LogP contribution < -0.4 is 10.5 Å². The number of aliphatic carboxylic acids is 1. The molecule has 0 saturated carbocycles. The van der Waals surface area contributed by atoms with E-state index in [4.69, 9.17) is 0 Å². The first-order valence-corrected chi connectivity index (χ1v) is 10.8. The summed E-state index contributed by atoms with van der Waals surface area (Å²) in [5.74, 6) is -2.44. The quantitative estimate of drug-likeness (QED) is 0.306. The van der Waals surface area contributed by atoms with Crippen LogP contribution in [-0.2, 0) is 17.6 Å². The SMILES string of the molecule is Cc1nc2[nH]cc(CCc3ccc(C(=O)N(CC(=O)O)c4cccc(C(=O)O)c4)cc3)c2c(=O)[nH]1. The summed E-state index contributed by atoms with van der Waals surface area (Å²) in [6, 6.07) is 12.3. The highest BCUT2D eigenvalue weighted by molar-refractivity contribution is 6.08. The molecule has 0 aliphatic heterocycles. The number of rotatable bonds is 8. The minimum absolute atomic E-state index is 0.0532. The molecule has 0 bridgehead atoms. The van der Waals surface area contributed by atoms with E-state index in [0.717, 1.165) is 16.0 Å². The van der Waals surface area contributed by atoms with E-state index in [1.807, 2.05) is 0 Å². The Morgan fingerprint density at radius 1 is 1.00 bits per heavy atom. The Balaban J connectivity index is 1.52. The van der Waals surface area contributed by atoms with Crippen molar-refractivity contribution in [2.45, 2.75) is 19.8 Å². The lowest BCUT2D eigenvalue weighted by molar-refractivity contribution is -0.135. The third-order valence-electron chi connectivity index (χ3n) is 5.57. The van der Waals surface area contributed by atoms with Gasteiger partial charge >= 0.3 is 11.9 Å². The van der Waals surface area contributed by atoms with Gasteiger partial charge in [0.1, 0.15) is 18.0 Å². The third-order valence-corrected chi connectivity index (χ3v) is 5.57. The van der Waals surface area contributed by atoms with E-state index in [9.17, 15) is 29.4 Å². The molecule has 0 radical (unpaired) electrons. The van der Waals surface area contributed by atoms with Crippen molar-refractivity contribution >= 4 is 34.6 Å². The Morgan fingerprint density at radius 2 is 1.74 bits per heavy atom. The molecule has 2 aromatic heterocycles. The monoisotopic (exact) mass is 474 g/mol. The van der Waals surface area contributed by atoms with Gasteiger partial charge in [0.25, 0.3) is 11.5 Å². The number of carboxylic acids is 2. The van der Waals surface area contributed by atoms with E-state index in [1.165, 1.54) is 24.3 Å². The standard InChI is InChI=1S/C25H22N4O6/c1-14-27-22-21(23(32)28-14)18(12-26-22)10-7-15-5-8-16(9-6-15)24(33)29(13-20(30)31)19-4-2-3-17(11-19)25(34)35/h2-6,8-9,11-12H,7,10,13H2,1H3,(H,30,31)(H,34,35)(H2,26,27,28,32). The van der Waals surface area contributed by atoms with Gasteiger partial charge < -0.3 is 20.2 Å². The Morgan fingerprint density at radius 3 is 2.43 bits per heavy atom. The summed E-state index contributed by atoms with van der Waals surface area (Å²) in [7, 11) is 0. The Bertz CT molecular complexity index is 1490. The van der Waals surface area contributed by atoms with Crippen LogP contribution in [0.25, 0.3) is 11.0 Å². The Kier molecular flexibility index (Phi) is 6.45. The molecule has 0 aliphatic rings. The maximum absolute atomic E-state index is 13.1. The normalized spacial score (nSPS) is 10.9. The van der Waals surface area contributed by atoms with Crippen LogP contribution in [0, 0.1) is 6.92 Å². The number of H-pyrrole nitrogens is 2. The minimum atomic E-state index is -1.23. The van der Waals surface area contributed by atoms with Crippen molar-refractivity contribution in [1.82, 2.24) is 15.0 Å². The highest BCUT2D eigenvalue weighted by atomic mass is 16.4. The van der Waals surface area contributed by atoms with Crippen molar-refractivity contribution in [2.75, 3.05) is 11.4 Å². The van der Waals surface area contributed by atoms with Crippen LogP contribution in [0.15, 0.2) is 59.5 Å². The number of nitrogens with zero attached hydrogens (tertiary/aromatic N) is 2. The van der Waals surface area contributed by atoms with Gasteiger partial charge in [0.05, 0.1) is 10.9 Å². The number of carboxylic acid groups (broad SMARTS) is 2. The fourth-order valence-corrected chi connectivity index (χ4v) is 3.88. The molecular formula is C25H22N4O6. The number of aromatic carboxylic acids is 1. The number of aromatic nitrogens is 3. The van der Waals surface area contributed by atoms with Crippen molar-refractivity contribution < 1.29 is 24.6 Å². The molecule has 0 saturated heterocycles. The number of aryl methyl sites for hydroxylation is 3. The fraction of sp³-hybridized carbons (Fsp3) is 0.160. The number of carbonyl (C=O) groups excluding carboxylic acids is 1. The Hall–Kier alpha value is -4.73. The zero-order chi connectivity index (χ0) is 25.1. The van der Waals surface area contributed by atoms with Gasteiger partial charge in [-0.25, -0.2) is 9.78 Å². The van der Waals surface area contributed by atoms with Crippen molar-refractivity contribution in [3.63, 3.8) is 0 Å². The van der Waals surface area contributed by atoms with Gasteiger partial charge in [-0.3, -0.25) is 19.3 Å². The largest absolute Gasteiger partial charge is 0.480 e. The molecule has 35 heavy (non-hydrogen) atoms. The summed E-state index contributed by atoms with van der Waals surface area (Å²) < 4.78 is 0. The molecule has 0 fully saturated rings. The molecule has 2 heterocycles. The van der Waals surface area contributed by atoms with Crippen LogP contribution in [0.5, 0.6) is 0 Å². The van der Waals surface area contributed by atoms with Crippen LogP contribution in [0.4, 0.5) is 5.69 Å². The smallest absolute Gasteiger partial charge is 0.335 e. The summed E-state index contributed by atoms with van der Waals surface area (Å²) in [5, 5.41) is 19.0. The molecule has 0 unspecified atom stereocenters. The number of aromatic amines is 2. The molecule has 178 valence electrons. The average molecular weight is 474 g/mol. The van der Waals surface area contributed by atoms with Gasteiger partial charge in [-0.2, -0.15) is 0 Å². The number of hydrogen-bond acceptors (Lipinski definition) is 5. The maximum Gasteiger partial charge on any atom is 0.335 e. The summed E-state index contributed by atoms with van der Waals surface area (Å²) in [4.78, 5) is 59.1. The average Bonchev–Trinajstić information content (AvgIpc) is 3.24. The molecular weight excluding hydrogens is 452 g/mol. The van der Waals surface area contributed by atoms with Gasteiger partial charge in [0, 0.05) is 17.4 Å².